The Morgan fingerprint density at radius 2 is 1.67 bits per heavy atom. The highest BCUT2D eigenvalue weighted by molar-refractivity contribution is 5.89. The number of nitrogens with zero attached hydrogens (tertiary/aromatic N) is 1. The van der Waals surface area contributed by atoms with Crippen LogP contribution in [0.5, 0.6) is 0 Å². The van der Waals surface area contributed by atoms with Crippen LogP contribution < -0.4 is 10.6 Å². The van der Waals surface area contributed by atoms with Crippen LogP contribution in [-0.4, -0.2) is 24.4 Å². The molecule has 2 aliphatic carbocycles. The first kappa shape index (κ1) is 15.8. The van der Waals surface area contributed by atoms with Crippen LogP contribution in [0, 0.1) is 16.7 Å². The monoisotopic (exact) mass is 291 g/mol. The second kappa shape index (κ2) is 7.44. The van der Waals surface area contributed by atoms with E-state index in [0.29, 0.717) is 12.8 Å². The molecule has 2 rings (SSSR count). The summed E-state index contributed by atoms with van der Waals surface area (Å²) in [5.74, 6) is -0.414. The van der Waals surface area contributed by atoms with E-state index in [4.69, 9.17) is 0 Å². The second-order valence-electron chi connectivity index (χ2n) is 6.34. The molecule has 0 unspecified atom stereocenters. The Hall–Kier alpha value is -1.57. The van der Waals surface area contributed by atoms with Crippen molar-refractivity contribution in [2.24, 2.45) is 5.41 Å². The zero-order valence-corrected chi connectivity index (χ0v) is 12.6. The minimum atomic E-state index is -0.913. The maximum atomic E-state index is 12.2. The van der Waals surface area contributed by atoms with Gasteiger partial charge in [-0.1, -0.05) is 38.5 Å². The number of nitriles is 1. The van der Waals surface area contributed by atoms with Gasteiger partial charge >= 0.3 is 0 Å². The predicted octanol–water partition coefficient (Wildman–Crippen LogP) is 2.03. The molecule has 0 aliphatic heterocycles. The molecular formula is C16H25N3O2. The third-order valence-electron chi connectivity index (χ3n) is 4.74. The van der Waals surface area contributed by atoms with E-state index in [1.54, 1.807) is 0 Å². The third kappa shape index (κ3) is 4.20. The van der Waals surface area contributed by atoms with Crippen LogP contribution in [0.15, 0.2) is 0 Å². The normalized spacial score (nSPS) is 22.0. The summed E-state index contributed by atoms with van der Waals surface area (Å²) >= 11 is 0. The molecule has 116 valence electrons. The van der Waals surface area contributed by atoms with Crippen molar-refractivity contribution in [2.45, 2.75) is 70.3 Å². The van der Waals surface area contributed by atoms with Crippen molar-refractivity contribution in [1.29, 1.82) is 5.26 Å². The SMILES string of the molecule is N#CC1(C(=O)NCC(=O)NC2CCCCC2)CCCCC1. The highest BCUT2D eigenvalue weighted by Gasteiger charge is 2.39. The number of hydrogen-bond acceptors (Lipinski definition) is 3. The first-order valence-electron chi connectivity index (χ1n) is 8.15. The average molecular weight is 291 g/mol. The molecule has 2 aliphatic rings. The number of carbonyl (C=O) groups excluding carboxylic acids is 2. The Kier molecular flexibility index (Phi) is 5.60. The predicted molar refractivity (Wildman–Crippen MR) is 79.2 cm³/mol. The van der Waals surface area contributed by atoms with Crippen molar-refractivity contribution >= 4 is 11.8 Å². The molecule has 2 N–H and O–H groups in total. The van der Waals surface area contributed by atoms with E-state index in [0.717, 1.165) is 44.9 Å². The van der Waals surface area contributed by atoms with Gasteiger partial charge in [-0.15, -0.1) is 0 Å². The second-order valence-corrected chi connectivity index (χ2v) is 6.34. The zero-order valence-electron chi connectivity index (χ0n) is 12.6. The van der Waals surface area contributed by atoms with Gasteiger partial charge in [-0.2, -0.15) is 5.26 Å². The lowest BCUT2D eigenvalue weighted by Gasteiger charge is -2.29. The quantitative estimate of drug-likeness (QED) is 0.831. The van der Waals surface area contributed by atoms with Gasteiger partial charge in [0.2, 0.25) is 11.8 Å². The first-order valence-corrected chi connectivity index (χ1v) is 8.15. The van der Waals surface area contributed by atoms with Crippen LogP contribution in [0.1, 0.15) is 64.2 Å². The number of nitrogens with one attached hydrogen (secondary N) is 2. The molecule has 0 spiro atoms. The maximum absolute atomic E-state index is 12.2. The van der Waals surface area contributed by atoms with E-state index in [1.165, 1.54) is 6.42 Å². The summed E-state index contributed by atoms with van der Waals surface area (Å²) in [6, 6.07) is 2.43. The fourth-order valence-corrected chi connectivity index (χ4v) is 3.40. The van der Waals surface area contributed by atoms with Gasteiger partial charge in [-0.25, -0.2) is 0 Å². The molecule has 0 saturated heterocycles. The highest BCUT2D eigenvalue weighted by atomic mass is 16.2. The summed E-state index contributed by atoms with van der Waals surface area (Å²) in [5.41, 5.74) is -0.913. The molecule has 0 aromatic carbocycles. The fraction of sp³-hybridized carbons (Fsp3) is 0.812. The van der Waals surface area contributed by atoms with Crippen LogP contribution in [0.3, 0.4) is 0 Å². The van der Waals surface area contributed by atoms with Crippen LogP contribution in [0.4, 0.5) is 0 Å². The lowest BCUT2D eigenvalue weighted by atomic mass is 9.74. The van der Waals surface area contributed by atoms with Gasteiger partial charge in [0.25, 0.3) is 0 Å². The first-order chi connectivity index (χ1) is 10.2. The summed E-state index contributed by atoms with van der Waals surface area (Å²) in [5, 5.41) is 15.0. The van der Waals surface area contributed by atoms with Gasteiger partial charge in [0.05, 0.1) is 12.6 Å². The molecule has 0 heterocycles. The number of amides is 2. The van der Waals surface area contributed by atoms with Gasteiger partial charge in [0.1, 0.15) is 5.41 Å². The molecular weight excluding hydrogens is 266 g/mol. The molecule has 0 atom stereocenters. The molecule has 5 nitrogen and oxygen atoms in total. The Morgan fingerprint density at radius 3 is 2.29 bits per heavy atom. The van der Waals surface area contributed by atoms with Gasteiger partial charge < -0.3 is 10.6 Å². The topological polar surface area (TPSA) is 82.0 Å². The molecule has 2 amide bonds. The van der Waals surface area contributed by atoms with E-state index < -0.39 is 5.41 Å². The summed E-state index contributed by atoms with van der Waals surface area (Å²) in [7, 11) is 0. The minimum absolute atomic E-state index is 0.0151. The van der Waals surface area contributed by atoms with Gasteiger partial charge in [-0.3, -0.25) is 9.59 Å². The standard InChI is InChI=1S/C16H25N3O2/c17-12-16(9-5-2-6-10-16)15(21)18-11-14(20)19-13-7-3-1-4-8-13/h13H,1-11H2,(H,18,21)(H,19,20). The molecule has 5 heteroatoms. The van der Waals surface area contributed by atoms with Crippen molar-refractivity contribution in [3.63, 3.8) is 0 Å². The summed E-state index contributed by atoms with van der Waals surface area (Å²) in [6.07, 6.45) is 9.75. The van der Waals surface area contributed by atoms with Crippen molar-refractivity contribution in [3.8, 4) is 6.07 Å². The van der Waals surface area contributed by atoms with Crippen LogP contribution >= 0.6 is 0 Å². The summed E-state index contributed by atoms with van der Waals surface area (Å²) < 4.78 is 0. The number of rotatable bonds is 4. The Balaban J connectivity index is 1.77. The maximum Gasteiger partial charge on any atom is 0.240 e. The Labute approximate surface area is 126 Å². The Bertz CT molecular complexity index is 416. The van der Waals surface area contributed by atoms with Crippen molar-refractivity contribution in [1.82, 2.24) is 10.6 Å². The minimum Gasteiger partial charge on any atom is -0.352 e. The van der Waals surface area contributed by atoms with Gasteiger partial charge in [0, 0.05) is 6.04 Å². The lowest BCUT2D eigenvalue weighted by molar-refractivity contribution is -0.132. The Morgan fingerprint density at radius 1 is 1.05 bits per heavy atom. The van der Waals surface area contributed by atoms with Crippen molar-refractivity contribution in [3.05, 3.63) is 0 Å². The zero-order chi connectivity index (χ0) is 15.1. The van der Waals surface area contributed by atoms with E-state index >= 15 is 0 Å². The fourth-order valence-electron chi connectivity index (χ4n) is 3.40. The van der Waals surface area contributed by atoms with Crippen LogP contribution in [0.2, 0.25) is 0 Å². The van der Waals surface area contributed by atoms with Gasteiger partial charge in [0.15, 0.2) is 0 Å². The average Bonchev–Trinajstić information content (AvgIpc) is 2.54. The van der Waals surface area contributed by atoms with E-state index in [-0.39, 0.29) is 24.4 Å². The van der Waals surface area contributed by atoms with E-state index in [1.807, 2.05) is 0 Å². The number of carbonyl (C=O) groups is 2. The molecule has 2 fully saturated rings. The summed E-state index contributed by atoms with van der Waals surface area (Å²) in [6.45, 7) is -0.0151. The smallest absolute Gasteiger partial charge is 0.240 e. The van der Waals surface area contributed by atoms with E-state index in [9.17, 15) is 14.9 Å². The highest BCUT2D eigenvalue weighted by Crippen LogP contribution is 2.35. The van der Waals surface area contributed by atoms with Gasteiger partial charge in [-0.05, 0) is 25.7 Å². The summed E-state index contributed by atoms with van der Waals surface area (Å²) in [4.78, 5) is 24.1. The van der Waals surface area contributed by atoms with Crippen molar-refractivity contribution < 1.29 is 9.59 Å². The molecule has 0 aromatic heterocycles. The molecule has 2 saturated carbocycles. The van der Waals surface area contributed by atoms with Crippen LogP contribution in [0.25, 0.3) is 0 Å². The van der Waals surface area contributed by atoms with Crippen molar-refractivity contribution in [2.75, 3.05) is 6.54 Å². The molecule has 0 radical (unpaired) electrons. The molecule has 0 aromatic rings. The largest absolute Gasteiger partial charge is 0.352 e. The van der Waals surface area contributed by atoms with Crippen LogP contribution in [-0.2, 0) is 9.59 Å². The van der Waals surface area contributed by atoms with E-state index in [2.05, 4.69) is 16.7 Å². The number of hydrogen-bond donors (Lipinski definition) is 2. The lowest BCUT2D eigenvalue weighted by Crippen LogP contribution is -2.47. The molecule has 0 bridgehead atoms. The molecule has 21 heavy (non-hydrogen) atoms. The third-order valence-corrected chi connectivity index (χ3v) is 4.74.